The first-order valence-electron chi connectivity index (χ1n) is 6.00. The molecular weight excluding hydrogens is 212 g/mol. The Labute approximate surface area is 100 Å². The standard InChI is InChI=1S/C15H14O2/c1-9-7-11-8-12(10-5-3-2-4-6-10)13(9)15(17)14(11)16/h2-7,11-13H,8H2,1H3/t11-,12?,13+/m1/s1. The van der Waals surface area contributed by atoms with E-state index in [-0.39, 0.29) is 29.3 Å². The molecule has 0 N–H and O–H groups in total. The largest absolute Gasteiger partial charge is 0.290 e. The summed E-state index contributed by atoms with van der Waals surface area (Å²) < 4.78 is 0. The quantitative estimate of drug-likeness (QED) is 0.544. The Hall–Kier alpha value is -1.70. The van der Waals surface area contributed by atoms with Crippen LogP contribution in [0.1, 0.15) is 24.8 Å². The Bertz CT molecular complexity index is 513. The molecule has 2 nitrogen and oxygen atoms in total. The fourth-order valence-corrected chi connectivity index (χ4v) is 3.15. The maximum Gasteiger partial charge on any atom is 0.206 e. The summed E-state index contributed by atoms with van der Waals surface area (Å²) in [5, 5.41) is 0. The summed E-state index contributed by atoms with van der Waals surface area (Å²) in [4.78, 5) is 23.7. The highest BCUT2D eigenvalue weighted by molar-refractivity contribution is 6.41. The summed E-state index contributed by atoms with van der Waals surface area (Å²) in [5.41, 5.74) is 2.25. The molecular formula is C15H14O2. The van der Waals surface area contributed by atoms with E-state index in [1.807, 2.05) is 31.2 Å². The zero-order valence-corrected chi connectivity index (χ0v) is 9.72. The van der Waals surface area contributed by atoms with E-state index in [0.717, 1.165) is 12.0 Å². The van der Waals surface area contributed by atoms with E-state index in [0.29, 0.717) is 0 Å². The molecule has 0 heterocycles. The molecule has 0 aliphatic heterocycles. The van der Waals surface area contributed by atoms with Crippen molar-refractivity contribution in [1.82, 2.24) is 0 Å². The molecule has 1 aromatic rings. The Kier molecular flexibility index (Phi) is 2.25. The molecule has 0 amide bonds. The molecule has 3 aliphatic rings. The van der Waals surface area contributed by atoms with Crippen molar-refractivity contribution in [3.63, 3.8) is 0 Å². The highest BCUT2D eigenvalue weighted by atomic mass is 16.2. The zero-order valence-electron chi connectivity index (χ0n) is 9.72. The van der Waals surface area contributed by atoms with Crippen molar-refractivity contribution in [2.45, 2.75) is 19.3 Å². The molecule has 0 spiro atoms. The first-order valence-corrected chi connectivity index (χ1v) is 6.00. The number of hydrogen-bond acceptors (Lipinski definition) is 2. The average molecular weight is 226 g/mol. The van der Waals surface area contributed by atoms with Crippen LogP contribution in [-0.2, 0) is 9.59 Å². The van der Waals surface area contributed by atoms with E-state index in [4.69, 9.17) is 0 Å². The van der Waals surface area contributed by atoms with Crippen molar-refractivity contribution >= 4 is 11.6 Å². The summed E-state index contributed by atoms with van der Waals surface area (Å²) in [7, 11) is 0. The number of Topliss-reactive ketones (excluding diaryl/α,β-unsaturated/α-hetero) is 2. The van der Waals surface area contributed by atoms with Crippen molar-refractivity contribution in [2.24, 2.45) is 11.8 Å². The second kappa shape index (κ2) is 3.66. The van der Waals surface area contributed by atoms with Gasteiger partial charge in [-0.25, -0.2) is 0 Å². The van der Waals surface area contributed by atoms with Crippen LogP contribution in [0.3, 0.4) is 0 Å². The van der Waals surface area contributed by atoms with Crippen molar-refractivity contribution in [3.8, 4) is 0 Å². The maximum absolute atomic E-state index is 12.0. The Morgan fingerprint density at radius 1 is 1.06 bits per heavy atom. The predicted octanol–water partition coefficient (Wildman–Crippen LogP) is 2.50. The van der Waals surface area contributed by atoms with Gasteiger partial charge in [-0.2, -0.15) is 0 Å². The van der Waals surface area contributed by atoms with E-state index < -0.39 is 0 Å². The van der Waals surface area contributed by atoms with Crippen LogP contribution < -0.4 is 0 Å². The van der Waals surface area contributed by atoms with E-state index >= 15 is 0 Å². The highest BCUT2D eigenvalue weighted by Crippen LogP contribution is 2.45. The topological polar surface area (TPSA) is 34.1 Å². The van der Waals surface area contributed by atoms with Crippen molar-refractivity contribution < 1.29 is 9.59 Å². The van der Waals surface area contributed by atoms with Gasteiger partial charge in [0.25, 0.3) is 0 Å². The molecule has 3 atom stereocenters. The molecule has 0 aromatic heterocycles. The van der Waals surface area contributed by atoms with Crippen LogP contribution in [0.5, 0.6) is 0 Å². The minimum atomic E-state index is -0.213. The fraction of sp³-hybridized carbons (Fsp3) is 0.333. The van der Waals surface area contributed by atoms with E-state index in [1.165, 1.54) is 5.56 Å². The lowest BCUT2D eigenvalue weighted by molar-refractivity contribution is -0.143. The lowest BCUT2D eigenvalue weighted by atomic mass is 9.62. The number of allylic oxidation sites excluding steroid dienone is 2. The molecule has 0 saturated heterocycles. The molecule has 1 unspecified atom stereocenters. The number of ketones is 2. The molecule has 2 heteroatoms. The predicted molar refractivity (Wildman–Crippen MR) is 64.6 cm³/mol. The maximum atomic E-state index is 12.0. The molecule has 3 aliphatic carbocycles. The summed E-state index contributed by atoms with van der Waals surface area (Å²) in [6, 6.07) is 10.1. The van der Waals surface area contributed by atoms with Crippen LogP contribution in [0, 0.1) is 11.8 Å². The van der Waals surface area contributed by atoms with Crippen LogP contribution in [0.2, 0.25) is 0 Å². The number of carbonyl (C=O) groups excluding carboxylic acids is 2. The fourth-order valence-electron chi connectivity index (χ4n) is 3.15. The molecule has 1 fully saturated rings. The van der Waals surface area contributed by atoms with Gasteiger partial charge in [-0.3, -0.25) is 9.59 Å². The van der Waals surface area contributed by atoms with Crippen molar-refractivity contribution in [1.29, 1.82) is 0 Å². The molecule has 2 bridgehead atoms. The van der Waals surface area contributed by atoms with Crippen molar-refractivity contribution in [2.75, 3.05) is 0 Å². The second-order valence-electron chi connectivity index (χ2n) is 4.98. The molecule has 1 aromatic carbocycles. The third-order valence-electron chi connectivity index (χ3n) is 3.95. The van der Waals surface area contributed by atoms with Gasteiger partial charge in [0.2, 0.25) is 11.6 Å². The summed E-state index contributed by atoms with van der Waals surface area (Å²) >= 11 is 0. The third kappa shape index (κ3) is 1.47. The molecule has 0 radical (unpaired) electrons. The van der Waals surface area contributed by atoms with Crippen LogP contribution in [0.25, 0.3) is 0 Å². The number of fused-ring (bicyclic) bond motifs is 2. The lowest BCUT2D eigenvalue weighted by Gasteiger charge is -2.39. The normalized spacial score (nSPS) is 31.6. The van der Waals surface area contributed by atoms with Gasteiger partial charge in [0.1, 0.15) is 0 Å². The van der Waals surface area contributed by atoms with Gasteiger partial charge >= 0.3 is 0 Å². The second-order valence-corrected chi connectivity index (χ2v) is 4.98. The number of hydrogen-bond donors (Lipinski definition) is 0. The van der Waals surface area contributed by atoms with Gasteiger partial charge in [0.05, 0.1) is 5.92 Å². The lowest BCUT2D eigenvalue weighted by Crippen LogP contribution is -2.44. The monoisotopic (exact) mass is 226 g/mol. The van der Waals surface area contributed by atoms with Gasteiger partial charge in [0.15, 0.2) is 0 Å². The zero-order chi connectivity index (χ0) is 12.0. The Morgan fingerprint density at radius 2 is 1.76 bits per heavy atom. The van der Waals surface area contributed by atoms with Crippen LogP contribution >= 0.6 is 0 Å². The van der Waals surface area contributed by atoms with Gasteiger partial charge in [-0.1, -0.05) is 42.0 Å². The van der Waals surface area contributed by atoms with E-state index in [9.17, 15) is 9.59 Å². The number of rotatable bonds is 1. The minimum Gasteiger partial charge on any atom is -0.290 e. The minimum absolute atomic E-state index is 0.183. The van der Waals surface area contributed by atoms with E-state index in [1.54, 1.807) is 0 Å². The molecule has 4 rings (SSSR count). The molecule has 17 heavy (non-hydrogen) atoms. The first kappa shape index (κ1) is 10.5. The number of carbonyl (C=O) groups is 2. The Balaban J connectivity index is 2.04. The molecule has 1 saturated carbocycles. The van der Waals surface area contributed by atoms with Gasteiger partial charge in [-0.15, -0.1) is 0 Å². The third-order valence-corrected chi connectivity index (χ3v) is 3.95. The van der Waals surface area contributed by atoms with Gasteiger partial charge in [0, 0.05) is 5.92 Å². The van der Waals surface area contributed by atoms with Crippen molar-refractivity contribution in [3.05, 3.63) is 47.5 Å². The first-order chi connectivity index (χ1) is 8.18. The highest BCUT2D eigenvalue weighted by Gasteiger charge is 2.47. The summed E-state index contributed by atoms with van der Waals surface area (Å²) in [6.07, 6.45) is 2.77. The van der Waals surface area contributed by atoms with Gasteiger partial charge < -0.3 is 0 Å². The van der Waals surface area contributed by atoms with Crippen LogP contribution in [0.15, 0.2) is 42.0 Å². The van der Waals surface area contributed by atoms with Gasteiger partial charge in [-0.05, 0) is 24.8 Å². The smallest absolute Gasteiger partial charge is 0.206 e. The van der Waals surface area contributed by atoms with Crippen LogP contribution in [0.4, 0.5) is 0 Å². The SMILES string of the molecule is CC1=C[C@@H]2CC(c3ccccc3)[C@H]1C(=O)C2=O. The van der Waals surface area contributed by atoms with E-state index in [2.05, 4.69) is 12.1 Å². The molecule has 86 valence electrons. The summed E-state index contributed by atoms with van der Waals surface area (Å²) in [5.74, 6) is -0.577. The number of benzene rings is 1. The average Bonchev–Trinajstić information content (AvgIpc) is 2.35. The Morgan fingerprint density at radius 3 is 2.41 bits per heavy atom. The summed E-state index contributed by atoms with van der Waals surface area (Å²) in [6.45, 7) is 1.97. The van der Waals surface area contributed by atoms with Crippen LogP contribution in [-0.4, -0.2) is 11.6 Å².